The number of hydrogen-bond acceptors (Lipinski definition) is 3. The highest BCUT2D eigenvalue weighted by atomic mass is 16.5. The number of carbonyl (C=O) groups is 1. The Bertz CT molecular complexity index is 948. The molecule has 0 saturated carbocycles. The van der Waals surface area contributed by atoms with E-state index in [4.69, 9.17) is 4.74 Å². The smallest absolute Gasteiger partial charge is 0.216 e. The lowest BCUT2D eigenvalue weighted by Crippen LogP contribution is -2.22. The topological polar surface area (TPSA) is 58.6 Å². The molecule has 0 aromatic heterocycles. The van der Waals surface area contributed by atoms with Crippen LogP contribution in [0, 0.1) is 0 Å². The lowest BCUT2D eigenvalue weighted by atomic mass is 9.97. The van der Waals surface area contributed by atoms with Crippen LogP contribution in [0.1, 0.15) is 43.6 Å². The summed E-state index contributed by atoms with van der Waals surface area (Å²) in [5.74, 6) is 0.791. The quantitative estimate of drug-likeness (QED) is 0.642. The van der Waals surface area contributed by atoms with E-state index in [9.17, 15) is 9.90 Å². The molecule has 2 N–H and O–H groups in total. The normalized spacial score (nSPS) is 12.2. The molecule has 3 aromatic rings. The number of carbonyl (C=O) groups excluding carboxylic acids is 1. The second-order valence-electron chi connectivity index (χ2n) is 7.31. The van der Waals surface area contributed by atoms with Gasteiger partial charge in [-0.1, -0.05) is 42.5 Å². The van der Waals surface area contributed by atoms with Gasteiger partial charge in [0.25, 0.3) is 0 Å². The number of nitrogens with one attached hydrogen (secondary N) is 1. The first-order valence-corrected chi connectivity index (χ1v) is 9.64. The van der Waals surface area contributed by atoms with E-state index in [0.717, 1.165) is 34.1 Å². The van der Waals surface area contributed by atoms with Gasteiger partial charge >= 0.3 is 0 Å². The minimum Gasteiger partial charge on any atom is -0.491 e. The molecular weight excluding hydrogens is 350 g/mol. The largest absolute Gasteiger partial charge is 0.491 e. The zero-order valence-corrected chi connectivity index (χ0v) is 16.6. The Morgan fingerprint density at radius 2 is 1.61 bits per heavy atom. The Labute approximate surface area is 166 Å². The van der Waals surface area contributed by atoms with Gasteiger partial charge in [0.1, 0.15) is 11.9 Å². The van der Waals surface area contributed by atoms with Crippen molar-refractivity contribution in [2.75, 3.05) is 6.54 Å². The molecule has 1 amide bonds. The molecule has 0 aliphatic carbocycles. The number of aliphatic hydroxyl groups excluding tert-OH is 1. The summed E-state index contributed by atoms with van der Waals surface area (Å²) in [6.07, 6.45) is 0.237. The third kappa shape index (κ3) is 5.11. The fraction of sp³-hybridized carbons (Fsp3) is 0.292. The predicted octanol–water partition coefficient (Wildman–Crippen LogP) is 4.39. The van der Waals surface area contributed by atoms with Gasteiger partial charge in [-0.15, -0.1) is 0 Å². The summed E-state index contributed by atoms with van der Waals surface area (Å²) in [5.41, 5.74) is 2.87. The number of aliphatic hydroxyl groups is 1. The number of hydrogen-bond donors (Lipinski definition) is 2. The highest BCUT2D eigenvalue weighted by Crippen LogP contribution is 2.27. The van der Waals surface area contributed by atoms with Crippen LogP contribution in [-0.4, -0.2) is 23.7 Å². The zero-order valence-electron chi connectivity index (χ0n) is 16.6. The van der Waals surface area contributed by atoms with E-state index in [1.54, 1.807) is 0 Å². The number of amides is 1. The van der Waals surface area contributed by atoms with Crippen LogP contribution >= 0.6 is 0 Å². The third-order valence-electron chi connectivity index (χ3n) is 4.60. The lowest BCUT2D eigenvalue weighted by molar-refractivity contribution is -0.118. The van der Waals surface area contributed by atoms with Crippen LogP contribution in [-0.2, 0) is 11.2 Å². The van der Waals surface area contributed by atoms with Crippen molar-refractivity contribution < 1.29 is 14.6 Å². The van der Waals surface area contributed by atoms with E-state index in [1.807, 2.05) is 56.3 Å². The fourth-order valence-electron chi connectivity index (χ4n) is 3.22. The summed E-state index contributed by atoms with van der Waals surface area (Å²) in [6, 6.07) is 19.9. The van der Waals surface area contributed by atoms with E-state index in [0.29, 0.717) is 6.54 Å². The molecule has 0 spiro atoms. The van der Waals surface area contributed by atoms with Crippen molar-refractivity contribution in [2.24, 2.45) is 0 Å². The predicted molar refractivity (Wildman–Crippen MR) is 113 cm³/mol. The summed E-state index contributed by atoms with van der Waals surface area (Å²) in [6.45, 7) is 6.14. The molecule has 1 unspecified atom stereocenters. The van der Waals surface area contributed by atoms with Gasteiger partial charge in [0.15, 0.2) is 0 Å². The summed E-state index contributed by atoms with van der Waals surface area (Å²) in [4.78, 5) is 11.0. The standard InChI is InChI=1S/C24H27NO3/c1-16(2)28-23-10-8-19(9-11-23)24(27)22-7-6-20-14-18(4-5-21(20)15-22)12-13-25-17(3)26/h4-11,14-16,24,27H,12-13H2,1-3H3,(H,25,26). The van der Waals surface area contributed by atoms with Crippen LogP contribution in [0.15, 0.2) is 60.7 Å². The Morgan fingerprint density at radius 3 is 2.29 bits per heavy atom. The van der Waals surface area contributed by atoms with Crippen LogP contribution in [0.5, 0.6) is 5.75 Å². The SMILES string of the molecule is CC(=O)NCCc1ccc2cc(C(O)c3ccc(OC(C)C)cc3)ccc2c1. The summed E-state index contributed by atoms with van der Waals surface area (Å²) in [5, 5.41) is 15.8. The average Bonchev–Trinajstić information content (AvgIpc) is 2.67. The third-order valence-corrected chi connectivity index (χ3v) is 4.60. The summed E-state index contributed by atoms with van der Waals surface area (Å²) < 4.78 is 5.66. The number of benzene rings is 3. The first kappa shape index (κ1) is 19.9. The molecule has 0 aliphatic rings. The Hall–Kier alpha value is -2.85. The second kappa shape index (κ2) is 8.89. The van der Waals surface area contributed by atoms with Crippen LogP contribution in [0.25, 0.3) is 10.8 Å². The van der Waals surface area contributed by atoms with Crippen molar-refractivity contribution in [1.29, 1.82) is 0 Å². The lowest BCUT2D eigenvalue weighted by Gasteiger charge is -2.15. The molecule has 1 atom stereocenters. The van der Waals surface area contributed by atoms with E-state index in [1.165, 1.54) is 12.5 Å². The highest BCUT2D eigenvalue weighted by molar-refractivity contribution is 5.84. The van der Waals surface area contributed by atoms with Crippen molar-refractivity contribution >= 4 is 16.7 Å². The number of fused-ring (bicyclic) bond motifs is 1. The van der Waals surface area contributed by atoms with Crippen molar-refractivity contribution in [3.8, 4) is 5.75 Å². The number of ether oxygens (including phenoxy) is 1. The van der Waals surface area contributed by atoms with Gasteiger partial charge in [0.05, 0.1) is 6.10 Å². The molecule has 0 radical (unpaired) electrons. The maximum atomic E-state index is 11.0. The molecule has 0 saturated heterocycles. The fourth-order valence-corrected chi connectivity index (χ4v) is 3.22. The van der Waals surface area contributed by atoms with Gasteiger partial charge in [-0.05, 0) is 65.9 Å². The molecule has 3 aromatic carbocycles. The number of rotatable bonds is 7. The zero-order chi connectivity index (χ0) is 20.1. The molecule has 4 nitrogen and oxygen atoms in total. The van der Waals surface area contributed by atoms with Crippen LogP contribution in [0.4, 0.5) is 0 Å². The van der Waals surface area contributed by atoms with E-state index in [2.05, 4.69) is 23.5 Å². The molecular formula is C24H27NO3. The van der Waals surface area contributed by atoms with E-state index >= 15 is 0 Å². The Morgan fingerprint density at radius 1 is 0.964 bits per heavy atom. The van der Waals surface area contributed by atoms with E-state index in [-0.39, 0.29) is 12.0 Å². The molecule has 146 valence electrons. The first-order chi connectivity index (χ1) is 13.4. The molecule has 0 bridgehead atoms. The van der Waals surface area contributed by atoms with Crippen molar-refractivity contribution in [2.45, 2.75) is 39.4 Å². The monoisotopic (exact) mass is 377 g/mol. The molecule has 4 heteroatoms. The molecule has 28 heavy (non-hydrogen) atoms. The Kier molecular flexibility index (Phi) is 6.32. The van der Waals surface area contributed by atoms with Crippen LogP contribution < -0.4 is 10.1 Å². The van der Waals surface area contributed by atoms with Gasteiger partial charge in [-0.25, -0.2) is 0 Å². The summed E-state index contributed by atoms with van der Waals surface area (Å²) in [7, 11) is 0. The maximum absolute atomic E-state index is 11.0. The highest BCUT2D eigenvalue weighted by Gasteiger charge is 2.12. The van der Waals surface area contributed by atoms with Crippen LogP contribution in [0.2, 0.25) is 0 Å². The van der Waals surface area contributed by atoms with Crippen molar-refractivity contribution in [1.82, 2.24) is 5.32 Å². The second-order valence-corrected chi connectivity index (χ2v) is 7.31. The van der Waals surface area contributed by atoms with Crippen molar-refractivity contribution in [3.05, 3.63) is 77.4 Å². The van der Waals surface area contributed by atoms with Gasteiger partial charge in [0.2, 0.25) is 5.91 Å². The van der Waals surface area contributed by atoms with Gasteiger partial charge in [-0.2, -0.15) is 0 Å². The molecule has 3 rings (SSSR count). The molecule has 0 heterocycles. The van der Waals surface area contributed by atoms with Gasteiger partial charge in [-0.3, -0.25) is 4.79 Å². The first-order valence-electron chi connectivity index (χ1n) is 9.64. The average molecular weight is 377 g/mol. The minimum atomic E-state index is -0.683. The van der Waals surface area contributed by atoms with Crippen LogP contribution in [0.3, 0.4) is 0 Å². The van der Waals surface area contributed by atoms with Gasteiger partial charge in [0, 0.05) is 13.5 Å². The summed E-state index contributed by atoms with van der Waals surface area (Å²) >= 11 is 0. The minimum absolute atomic E-state index is 0.0109. The van der Waals surface area contributed by atoms with Crippen molar-refractivity contribution in [3.63, 3.8) is 0 Å². The van der Waals surface area contributed by atoms with Gasteiger partial charge < -0.3 is 15.2 Å². The van der Waals surface area contributed by atoms with E-state index < -0.39 is 6.10 Å². The molecule has 0 aliphatic heterocycles. The molecule has 0 fully saturated rings. The maximum Gasteiger partial charge on any atom is 0.216 e. The Balaban J connectivity index is 1.75.